The first-order valence-electron chi connectivity index (χ1n) is 12.1. The van der Waals surface area contributed by atoms with Gasteiger partial charge in [0.1, 0.15) is 11.5 Å². The number of nitrogens with zero attached hydrogens (tertiary/aromatic N) is 6. The van der Waals surface area contributed by atoms with E-state index >= 15 is 8.78 Å². The molecule has 1 saturated heterocycles. The summed E-state index contributed by atoms with van der Waals surface area (Å²) in [5.41, 5.74) is 3.19. The fourth-order valence-electron chi connectivity index (χ4n) is 4.49. The summed E-state index contributed by atoms with van der Waals surface area (Å²) in [6.45, 7) is 3.65. The lowest BCUT2D eigenvalue weighted by Gasteiger charge is -2.27. The molecule has 1 aliphatic heterocycles. The maximum Gasteiger partial charge on any atom is 0.232 e. The highest BCUT2D eigenvalue weighted by molar-refractivity contribution is 7.98. The van der Waals surface area contributed by atoms with E-state index in [0.717, 1.165) is 42.8 Å². The predicted octanol–water partition coefficient (Wildman–Crippen LogP) is 4.90. The van der Waals surface area contributed by atoms with Crippen molar-refractivity contribution in [2.75, 3.05) is 36.6 Å². The molecular formula is C25H27F2N9S. The standard InChI is InChI=1S/C25H27F2N9S/c1-13-6-20(34-33-13)30-24-21(14-4-5-14)22(15-9-29-36(12-15)16-10-28-11-16)31-25(32-24)35(2)23-18(26)7-17(37-3)8-19(23)27/h6-9,12,14,16,28H,4-5,10-11H2,1-3H3,(H2,30,31,32,33,34). The molecule has 2 fully saturated rings. The van der Waals surface area contributed by atoms with Gasteiger partial charge in [-0.3, -0.25) is 9.78 Å². The molecule has 4 heterocycles. The molecule has 6 rings (SSSR count). The zero-order chi connectivity index (χ0) is 25.7. The van der Waals surface area contributed by atoms with Crippen molar-refractivity contribution in [1.29, 1.82) is 0 Å². The van der Waals surface area contributed by atoms with Crippen molar-refractivity contribution >= 4 is 35.0 Å². The largest absolute Gasteiger partial charge is 0.323 e. The van der Waals surface area contributed by atoms with Crippen LogP contribution < -0.4 is 15.5 Å². The number of rotatable bonds is 8. The van der Waals surface area contributed by atoms with E-state index in [-0.39, 0.29) is 17.6 Å². The van der Waals surface area contributed by atoms with Gasteiger partial charge in [-0.1, -0.05) is 0 Å². The van der Waals surface area contributed by atoms with E-state index < -0.39 is 11.6 Å². The van der Waals surface area contributed by atoms with Crippen molar-refractivity contribution in [3.8, 4) is 11.3 Å². The molecule has 3 aromatic heterocycles. The summed E-state index contributed by atoms with van der Waals surface area (Å²) >= 11 is 1.28. The molecule has 0 atom stereocenters. The minimum Gasteiger partial charge on any atom is -0.323 e. The molecule has 0 bridgehead atoms. The number of H-pyrrole nitrogens is 1. The maximum absolute atomic E-state index is 15.1. The van der Waals surface area contributed by atoms with Crippen LogP contribution in [-0.2, 0) is 0 Å². The van der Waals surface area contributed by atoms with E-state index in [1.165, 1.54) is 28.8 Å². The summed E-state index contributed by atoms with van der Waals surface area (Å²) in [5.74, 6) is 0.273. The van der Waals surface area contributed by atoms with Crippen molar-refractivity contribution in [2.45, 2.75) is 36.6 Å². The first-order chi connectivity index (χ1) is 17.9. The summed E-state index contributed by atoms with van der Waals surface area (Å²) in [6.07, 6.45) is 7.59. The van der Waals surface area contributed by atoms with Gasteiger partial charge in [0.25, 0.3) is 0 Å². The van der Waals surface area contributed by atoms with Gasteiger partial charge < -0.3 is 15.5 Å². The molecule has 0 spiro atoms. The molecule has 4 aromatic rings. The maximum atomic E-state index is 15.1. The molecular weight excluding hydrogens is 496 g/mol. The number of thioether (sulfide) groups is 1. The van der Waals surface area contributed by atoms with Crippen molar-refractivity contribution in [2.24, 2.45) is 0 Å². The number of nitrogens with one attached hydrogen (secondary N) is 3. The third kappa shape index (κ3) is 4.55. The van der Waals surface area contributed by atoms with Crippen molar-refractivity contribution in [1.82, 2.24) is 35.3 Å². The number of hydrogen-bond donors (Lipinski definition) is 3. The number of anilines is 4. The first-order valence-corrected chi connectivity index (χ1v) is 13.4. The van der Waals surface area contributed by atoms with Gasteiger partial charge in [-0.05, 0) is 44.1 Å². The second-order valence-corrected chi connectivity index (χ2v) is 10.4. The molecule has 1 saturated carbocycles. The lowest BCUT2D eigenvalue weighted by molar-refractivity contribution is 0.318. The van der Waals surface area contributed by atoms with Crippen molar-refractivity contribution in [3.05, 3.63) is 53.5 Å². The van der Waals surface area contributed by atoms with E-state index in [1.54, 1.807) is 19.5 Å². The Labute approximate surface area is 217 Å². The zero-order valence-corrected chi connectivity index (χ0v) is 21.5. The molecule has 0 unspecified atom stereocenters. The molecule has 1 aromatic carbocycles. The summed E-state index contributed by atoms with van der Waals surface area (Å²) in [4.78, 5) is 11.5. The molecule has 0 radical (unpaired) electrons. The predicted molar refractivity (Wildman–Crippen MR) is 140 cm³/mol. The van der Waals surface area contributed by atoms with E-state index in [4.69, 9.17) is 9.97 Å². The van der Waals surface area contributed by atoms with Gasteiger partial charge in [-0.2, -0.15) is 15.2 Å². The molecule has 37 heavy (non-hydrogen) atoms. The van der Waals surface area contributed by atoms with Gasteiger partial charge in [0.15, 0.2) is 17.5 Å². The Kier molecular flexibility index (Phi) is 6.07. The van der Waals surface area contributed by atoms with Crippen LogP contribution in [0.3, 0.4) is 0 Å². The van der Waals surface area contributed by atoms with Crippen LogP contribution in [0.2, 0.25) is 0 Å². The van der Waals surface area contributed by atoms with Crippen LogP contribution in [0.15, 0.2) is 35.5 Å². The number of aromatic amines is 1. The Balaban J connectivity index is 1.49. The number of hydrogen-bond acceptors (Lipinski definition) is 8. The van der Waals surface area contributed by atoms with Crippen LogP contribution in [-0.4, -0.2) is 56.3 Å². The smallest absolute Gasteiger partial charge is 0.232 e. The molecule has 1 aliphatic carbocycles. The SMILES string of the molecule is CSc1cc(F)c(N(C)c2nc(Nc3cc(C)[nH]n3)c(C3CC3)c(-c3cnn(C4CNC4)c3)n2)c(F)c1. The van der Waals surface area contributed by atoms with Gasteiger partial charge in [-0.15, -0.1) is 11.8 Å². The second-order valence-electron chi connectivity index (χ2n) is 9.49. The highest BCUT2D eigenvalue weighted by atomic mass is 32.2. The normalized spacial score (nSPS) is 15.6. The van der Waals surface area contributed by atoms with Crippen LogP contribution in [0.25, 0.3) is 11.3 Å². The minimum absolute atomic E-state index is 0.168. The summed E-state index contributed by atoms with van der Waals surface area (Å²) in [6, 6.07) is 4.82. The highest BCUT2D eigenvalue weighted by Gasteiger charge is 2.33. The quantitative estimate of drug-likeness (QED) is 0.280. The molecule has 12 heteroatoms. The topological polar surface area (TPSA) is 99.6 Å². The monoisotopic (exact) mass is 523 g/mol. The van der Waals surface area contributed by atoms with Gasteiger partial charge in [0.05, 0.1) is 17.9 Å². The minimum atomic E-state index is -0.675. The Bertz CT molecular complexity index is 1440. The lowest BCUT2D eigenvalue weighted by Crippen LogP contribution is -2.43. The lowest BCUT2D eigenvalue weighted by atomic mass is 10.0. The fourth-order valence-corrected chi connectivity index (χ4v) is 4.93. The third-order valence-electron chi connectivity index (χ3n) is 6.74. The van der Waals surface area contributed by atoms with Crippen LogP contribution in [0.5, 0.6) is 0 Å². The first kappa shape index (κ1) is 23.9. The van der Waals surface area contributed by atoms with Crippen LogP contribution >= 0.6 is 11.8 Å². The van der Waals surface area contributed by atoms with E-state index in [0.29, 0.717) is 28.3 Å². The van der Waals surface area contributed by atoms with Gasteiger partial charge >= 0.3 is 0 Å². The second kappa shape index (κ2) is 9.42. The van der Waals surface area contributed by atoms with E-state index in [2.05, 4.69) is 25.9 Å². The van der Waals surface area contributed by atoms with Gasteiger partial charge in [0.2, 0.25) is 5.95 Å². The van der Waals surface area contributed by atoms with Crippen LogP contribution in [0.1, 0.15) is 36.1 Å². The zero-order valence-electron chi connectivity index (χ0n) is 20.7. The highest BCUT2D eigenvalue weighted by Crippen LogP contribution is 2.48. The Hall–Kier alpha value is -3.51. The Morgan fingerprint density at radius 2 is 1.89 bits per heavy atom. The van der Waals surface area contributed by atoms with Gasteiger partial charge in [-0.25, -0.2) is 13.8 Å². The molecule has 0 amide bonds. The average Bonchev–Trinajstić information content (AvgIpc) is 3.42. The van der Waals surface area contributed by atoms with Crippen LogP contribution in [0, 0.1) is 18.6 Å². The molecule has 9 nitrogen and oxygen atoms in total. The number of aryl methyl sites for hydroxylation is 1. The third-order valence-corrected chi connectivity index (χ3v) is 7.45. The molecule has 192 valence electrons. The number of halogens is 2. The average molecular weight is 524 g/mol. The summed E-state index contributed by atoms with van der Waals surface area (Å²) in [7, 11) is 1.57. The van der Waals surface area contributed by atoms with Crippen LogP contribution in [0.4, 0.5) is 32.1 Å². The molecule has 3 N–H and O–H groups in total. The van der Waals surface area contributed by atoms with Crippen molar-refractivity contribution in [3.63, 3.8) is 0 Å². The number of aromatic nitrogens is 6. The van der Waals surface area contributed by atoms with Gasteiger partial charge in [0, 0.05) is 54.1 Å². The Morgan fingerprint density at radius 1 is 1.14 bits per heavy atom. The summed E-state index contributed by atoms with van der Waals surface area (Å²) < 4.78 is 32.1. The summed E-state index contributed by atoms with van der Waals surface area (Å²) in [5, 5.41) is 18.4. The number of benzene rings is 1. The van der Waals surface area contributed by atoms with Crippen molar-refractivity contribution < 1.29 is 8.78 Å². The molecule has 2 aliphatic rings. The Morgan fingerprint density at radius 3 is 2.49 bits per heavy atom. The fraction of sp³-hybridized carbons (Fsp3) is 0.360. The van der Waals surface area contributed by atoms with E-state index in [1.807, 2.05) is 23.9 Å². The van der Waals surface area contributed by atoms with E-state index in [9.17, 15) is 0 Å².